The summed E-state index contributed by atoms with van der Waals surface area (Å²) in [4.78, 5) is 3.84. The van der Waals surface area contributed by atoms with Gasteiger partial charge < -0.3 is 9.26 Å². The van der Waals surface area contributed by atoms with E-state index in [-0.39, 0.29) is 0 Å². The second-order valence-corrected chi connectivity index (χ2v) is 2.71. The zero-order valence-corrected chi connectivity index (χ0v) is 6.19. The van der Waals surface area contributed by atoms with Gasteiger partial charge in [0.2, 0.25) is 6.39 Å². The van der Waals surface area contributed by atoms with Crippen LogP contribution in [0.1, 0.15) is 25.1 Å². The van der Waals surface area contributed by atoms with Gasteiger partial charge in [-0.1, -0.05) is 5.16 Å². The summed E-state index contributed by atoms with van der Waals surface area (Å²) < 4.78 is 9.99. The molecule has 0 amide bonds. The average molecular weight is 154 g/mol. The van der Waals surface area contributed by atoms with E-state index in [1.54, 1.807) is 0 Å². The lowest BCUT2D eigenvalue weighted by molar-refractivity contribution is -0.0123. The molecule has 1 aromatic rings. The largest absolute Gasteiger partial charge is 0.370 e. The van der Waals surface area contributed by atoms with Crippen molar-refractivity contribution in [3.63, 3.8) is 0 Å². The predicted molar refractivity (Wildman–Crippen MR) is 36.7 cm³/mol. The van der Waals surface area contributed by atoms with Crippen LogP contribution in [0.5, 0.6) is 0 Å². The van der Waals surface area contributed by atoms with Crippen molar-refractivity contribution >= 4 is 0 Å². The molecule has 0 spiro atoms. The topological polar surface area (TPSA) is 48.2 Å². The summed E-state index contributed by atoms with van der Waals surface area (Å²) in [5, 5.41) is 3.64. The Hall–Kier alpha value is -0.900. The maximum Gasteiger partial charge on any atom is 0.213 e. The van der Waals surface area contributed by atoms with Gasteiger partial charge in [0.1, 0.15) is 6.61 Å². The highest BCUT2D eigenvalue weighted by atomic mass is 16.5. The first-order chi connectivity index (χ1) is 5.45. The Morgan fingerprint density at radius 1 is 1.64 bits per heavy atom. The summed E-state index contributed by atoms with van der Waals surface area (Å²) in [5.74, 6) is 0.636. The highest BCUT2D eigenvalue weighted by Crippen LogP contribution is 2.22. The van der Waals surface area contributed by atoms with Gasteiger partial charge in [0.25, 0.3) is 0 Å². The fourth-order valence-corrected chi connectivity index (χ4v) is 0.986. The fraction of sp³-hybridized carbons (Fsp3) is 0.714. The number of ether oxygens (including phenoxy) is 1. The van der Waals surface area contributed by atoms with E-state index in [2.05, 4.69) is 14.7 Å². The van der Waals surface area contributed by atoms with E-state index in [1.165, 1.54) is 25.7 Å². The number of hydrogen-bond donors (Lipinski definition) is 0. The molecule has 1 saturated carbocycles. The van der Waals surface area contributed by atoms with Gasteiger partial charge in [-0.15, -0.1) is 0 Å². The van der Waals surface area contributed by atoms with Gasteiger partial charge in [-0.25, -0.2) is 0 Å². The second-order valence-electron chi connectivity index (χ2n) is 2.71. The van der Waals surface area contributed by atoms with Gasteiger partial charge in [-0.05, 0) is 19.3 Å². The molecule has 0 unspecified atom stereocenters. The van der Waals surface area contributed by atoms with Crippen LogP contribution in [0.2, 0.25) is 0 Å². The zero-order chi connectivity index (χ0) is 7.52. The monoisotopic (exact) mass is 154 g/mol. The molecule has 1 aliphatic carbocycles. The zero-order valence-electron chi connectivity index (χ0n) is 6.19. The van der Waals surface area contributed by atoms with Crippen molar-refractivity contribution in [1.82, 2.24) is 10.1 Å². The van der Waals surface area contributed by atoms with E-state index in [0.717, 1.165) is 0 Å². The predicted octanol–water partition coefficient (Wildman–Crippen LogP) is 1.14. The minimum atomic E-state index is 0.438. The van der Waals surface area contributed by atoms with Gasteiger partial charge in [-0.3, -0.25) is 0 Å². The van der Waals surface area contributed by atoms with Crippen molar-refractivity contribution in [3.8, 4) is 0 Å². The molecule has 0 aromatic carbocycles. The summed E-state index contributed by atoms with van der Waals surface area (Å²) in [6.45, 7) is 0.487. The van der Waals surface area contributed by atoms with Crippen LogP contribution in [0, 0.1) is 0 Å². The Morgan fingerprint density at radius 3 is 3.09 bits per heavy atom. The highest BCUT2D eigenvalue weighted by Gasteiger charge is 2.18. The molecule has 0 bridgehead atoms. The number of rotatable bonds is 3. The van der Waals surface area contributed by atoms with E-state index >= 15 is 0 Å². The maximum atomic E-state index is 5.44. The average Bonchev–Trinajstić information content (AvgIpc) is 2.36. The van der Waals surface area contributed by atoms with Crippen LogP contribution in [0.4, 0.5) is 0 Å². The third-order valence-electron chi connectivity index (χ3n) is 1.91. The van der Waals surface area contributed by atoms with E-state index < -0.39 is 0 Å². The van der Waals surface area contributed by atoms with Gasteiger partial charge >= 0.3 is 0 Å². The molecule has 1 heterocycles. The molecule has 60 valence electrons. The molecular formula is C7H10N2O2. The van der Waals surface area contributed by atoms with Crippen molar-refractivity contribution in [3.05, 3.63) is 12.2 Å². The highest BCUT2D eigenvalue weighted by molar-refractivity contribution is 4.75. The summed E-state index contributed by atoms with van der Waals surface area (Å²) in [5.41, 5.74) is 0. The molecular weight excluding hydrogens is 144 g/mol. The standard InChI is InChI=1S/C7H10N2O2/c1-2-6(3-1)10-4-7-8-5-11-9-7/h5-6H,1-4H2. The number of aromatic nitrogens is 2. The Morgan fingerprint density at radius 2 is 2.55 bits per heavy atom. The lowest BCUT2D eigenvalue weighted by Crippen LogP contribution is -2.21. The van der Waals surface area contributed by atoms with Gasteiger partial charge in [0, 0.05) is 0 Å². The molecule has 0 saturated heterocycles. The summed E-state index contributed by atoms with van der Waals surface area (Å²) in [7, 11) is 0. The smallest absolute Gasteiger partial charge is 0.213 e. The molecule has 11 heavy (non-hydrogen) atoms. The van der Waals surface area contributed by atoms with Crippen LogP contribution >= 0.6 is 0 Å². The molecule has 4 heteroatoms. The van der Waals surface area contributed by atoms with Crippen LogP contribution in [-0.2, 0) is 11.3 Å². The van der Waals surface area contributed by atoms with Crippen molar-refractivity contribution < 1.29 is 9.26 Å². The lowest BCUT2D eigenvalue weighted by Gasteiger charge is -2.24. The normalized spacial score (nSPS) is 18.2. The molecule has 0 radical (unpaired) electrons. The summed E-state index contributed by atoms with van der Waals surface area (Å²) in [6.07, 6.45) is 5.40. The van der Waals surface area contributed by atoms with Crippen molar-refractivity contribution in [2.24, 2.45) is 0 Å². The Bertz CT molecular complexity index is 206. The van der Waals surface area contributed by atoms with Gasteiger partial charge in [-0.2, -0.15) is 4.98 Å². The van der Waals surface area contributed by atoms with Gasteiger partial charge in [0.05, 0.1) is 6.10 Å². The minimum Gasteiger partial charge on any atom is -0.370 e. The molecule has 0 N–H and O–H groups in total. The number of nitrogens with zero attached hydrogens (tertiary/aromatic N) is 2. The van der Waals surface area contributed by atoms with E-state index in [0.29, 0.717) is 18.5 Å². The molecule has 1 aliphatic rings. The summed E-state index contributed by atoms with van der Waals surface area (Å²) in [6, 6.07) is 0. The van der Waals surface area contributed by atoms with Crippen molar-refractivity contribution in [2.45, 2.75) is 32.0 Å². The quantitative estimate of drug-likeness (QED) is 0.655. The van der Waals surface area contributed by atoms with E-state index in [1.807, 2.05) is 0 Å². The first-order valence-corrected chi connectivity index (χ1v) is 3.82. The Kier molecular flexibility index (Phi) is 1.85. The Balaban J connectivity index is 1.74. The van der Waals surface area contributed by atoms with E-state index in [4.69, 9.17) is 4.74 Å². The second kappa shape index (κ2) is 3.00. The molecule has 1 aromatic heterocycles. The lowest BCUT2D eigenvalue weighted by atomic mass is 9.96. The van der Waals surface area contributed by atoms with Crippen molar-refractivity contribution in [1.29, 1.82) is 0 Å². The fourth-order valence-electron chi connectivity index (χ4n) is 0.986. The van der Waals surface area contributed by atoms with Crippen LogP contribution < -0.4 is 0 Å². The SMILES string of the molecule is c1nc(COC2CCC2)no1. The van der Waals surface area contributed by atoms with Gasteiger partial charge in [0.15, 0.2) is 5.82 Å². The molecule has 1 fully saturated rings. The first kappa shape index (κ1) is 6.79. The van der Waals surface area contributed by atoms with Crippen LogP contribution in [0.15, 0.2) is 10.9 Å². The molecule has 0 aliphatic heterocycles. The van der Waals surface area contributed by atoms with Crippen molar-refractivity contribution in [2.75, 3.05) is 0 Å². The van der Waals surface area contributed by atoms with Crippen LogP contribution in [-0.4, -0.2) is 16.2 Å². The summed E-state index contributed by atoms with van der Waals surface area (Å²) >= 11 is 0. The minimum absolute atomic E-state index is 0.438. The first-order valence-electron chi connectivity index (χ1n) is 3.82. The van der Waals surface area contributed by atoms with E-state index in [9.17, 15) is 0 Å². The number of hydrogen-bond acceptors (Lipinski definition) is 4. The third-order valence-corrected chi connectivity index (χ3v) is 1.91. The van der Waals surface area contributed by atoms with Crippen LogP contribution in [0.25, 0.3) is 0 Å². The van der Waals surface area contributed by atoms with Crippen LogP contribution in [0.3, 0.4) is 0 Å². The molecule has 2 rings (SSSR count). The maximum absolute atomic E-state index is 5.44. The third kappa shape index (κ3) is 1.57. The Labute approximate surface area is 64.5 Å². The molecule has 0 atom stereocenters. The molecule has 4 nitrogen and oxygen atoms in total.